The smallest absolute Gasteiger partial charge is 0.273 e. The summed E-state index contributed by atoms with van der Waals surface area (Å²) in [6, 6.07) is 0. The molecule has 0 N–H and O–H groups in total. The van der Waals surface area contributed by atoms with Gasteiger partial charge in [0.05, 0.1) is 0 Å². The van der Waals surface area contributed by atoms with Crippen LogP contribution in [-0.2, 0) is 13.6 Å². The van der Waals surface area contributed by atoms with Crippen molar-refractivity contribution < 1.29 is 0 Å². The van der Waals surface area contributed by atoms with Gasteiger partial charge in [0.15, 0.2) is 5.16 Å². The second-order valence-corrected chi connectivity index (χ2v) is 4.16. The minimum absolute atomic E-state index is 0.0368. The van der Waals surface area contributed by atoms with Gasteiger partial charge >= 0.3 is 5.69 Å². The summed E-state index contributed by atoms with van der Waals surface area (Å²) >= 11 is 4.80. The van der Waals surface area contributed by atoms with Gasteiger partial charge in [-0.05, 0) is 12.7 Å². The molecule has 0 amide bonds. The van der Waals surface area contributed by atoms with Gasteiger partial charge in [0.1, 0.15) is 0 Å². The molecule has 1 aromatic heterocycles. The highest BCUT2D eigenvalue weighted by Gasteiger charge is 2.07. The molecule has 13 heavy (non-hydrogen) atoms. The number of aromatic nitrogens is 3. The fourth-order valence-corrected chi connectivity index (χ4v) is 1.78. The molecule has 0 aliphatic rings. The third kappa shape index (κ3) is 2.37. The highest BCUT2D eigenvalue weighted by atomic mass is 79.9. The van der Waals surface area contributed by atoms with Crippen LogP contribution >= 0.6 is 27.7 Å². The van der Waals surface area contributed by atoms with Crippen LogP contribution in [0.1, 0.15) is 6.42 Å². The van der Waals surface area contributed by atoms with Gasteiger partial charge in [0.25, 0.3) is 0 Å². The van der Waals surface area contributed by atoms with E-state index in [4.69, 9.17) is 0 Å². The van der Waals surface area contributed by atoms with Gasteiger partial charge in [-0.1, -0.05) is 27.7 Å². The zero-order valence-corrected chi connectivity index (χ0v) is 10.1. The Bertz CT molecular complexity index is 333. The van der Waals surface area contributed by atoms with Crippen molar-refractivity contribution in [2.24, 2.45) is 7.05 Å². The molecule has 0 aromatic carbocycles. The average Bonchev–Trinajstić information content (AvgIpc) is 2.41. The van der Waals surface area contributed by atoms with Crippen LogP contribution in [0.25, 0.3) is 0 Å². The first-order chi connectivity index (χ1) is 6.20. The van der Waals surface area contributed by atoms with E-state index < -0.39 is 0 Å². The fourth-order valence-electron chi connectivity index (χ4n) is 1.00. The normalized spacial score (nSPS) is 10.7. The minimum atomic E-state index is -0.0368. The van der Waals surface area contributed by atoms with Gasteiger partial charge < -0.3 is 0 Å². The van der Waals surface area contributed by atoms with Crippen LogP contribution in [0, 0.1) is 0 Å². The van der Waals surface area contributed by atoms with Crippen LogP contribution in [0.15, 0.2) is 9.95 Å². The monoisotopic (exact) mass is 265 g/mol. The van der Waals surface area contributed by atoms with Crippen molar-refractivity contribution in [1.29, 1.82) is 0 Å². The molecule has 0 aliphatic carbocycles. The number of thioether (sulfide) groups is 1. The Hall–Kier alpha value is -0.230. The van der Waals surface area contributed by atoms with Crippen LogP contribution in [0.2, 0.25) is 0 Å². The molecule has 0 saturated carbocycles. The number of rotatable bonds is 4. The average molecular weight is 266 g/mol. The predicted octanol–water partition coefficient (Wildman–Crippen LogP) is 1.09. The highest BCUT2D eigenvalue weighted by Crippen LogP contribution is 2.06. The summed E-state index contributed by atoms with van der Waals surface area (Å²) in [6.45, 7) is 0.679. The number of halogens is 1. The van der Waals surface area contributed by atoms with Crippen LogP contribution in [0.4, 0.5) is 0 Å². The Morgan fingerprint density at radius 3 is 2.77 bits per heavy atom. The van der Waals surface area contributed by atoms with Crippen LogP contribution in [0.3, 0.4) is 0 Å². The van der Waals surface area contributed by atoms with Crippen molar-refractivity contribution in [3.05, 3.63) is 10.5 Å². The predicted molar refractivity (Wildman–Crippen MR) is 57.7 cm³/mol. The molecule has 1 aromatic rings. The molecule has 6 heteroatoms. The second-order valence-electron chi connectivity index (χ2n) is 2.59. The van der Waals surface area contributed by atoms with E-state index >= 15 is 0 Å². The summed E-state index contributed by atoms with van der Waals surface area (Å²) in [5.41, 5.74) is -0.0368. The van der Waals surface area contributed by atoms with Crippen molar-refractivity contribution in [2.75, 3.05) is 11.6 Å². The molecule has 0 saturated heterocycles. The maximum absolute atomic E-state index is 11.5. The largest absolute Gasteiger partial charge is 0.346 e. The molecular formula is C7H12BrN3OS. The first-order valence-electron chi connectivity index (χ1n) is 3.94. The third-order valence-electron chi connectivity index (χ3n) is 1.69. The molecule has 0 bridgehead atoms. The van der Waals surface area contributed by atoms with Gasteiger partial charge in [0, 0.05) is 18.9 Å². The molecule has 0 spiro atoms. The molecule has 0 fully saturated rings. The zero-order chi connectivity index (χ0) is 9.84. The lowest BCUT2D eigenvalue weighted by Crippen LogP contribution is -2.23. The van der Waals surface area contributed by atoms with Crippen LogP contribution < -0.4 is 5.69 Å². The van der Waals surface area contributed by atoms with Crippen molar-refractivity contribution >= 4 is 27.7 Å². The maximum atomic E-state index is 11.5. The lowest BCUT2D eigenvalue weighted by molar-refractivity contribution is 0.574. The summed E-state index contributed by atoms with van der Waals surface area (Å²) in [6.07, 6.45) is 2.83. The van der Waals surface area contributed by atoms with E-state index in [2.05, 4.69) is 21.0 Å². The summed E-state index contributed by atoms with van der Waals surface area (Å²) in [5, 5.41) is 5.83. The second kappa shape index (κ2) is 4.85. The van der Waals surface area contributed by atoms with E-state index in [0.717, 1.165) is 16.9 Å². The maximum Gasteiger partial charge on any atom is 0.346 e. The van der Waals surface area contributed by atoms with Crippen LogP contribution in [0.5, 0.6) is 0 Å². The number of aryl methyl sites for hydroxylation is 1. The lowest BCUT2D eigenvalue weighted by Gasteiger charge is -1.93. The molecule has 0 atom stereocenters. The van der Waals surface area contributed by atoms with E-state index in [0.29, 0.717) is 6.54 Å². The topological polar surface area (TPSA) is 39.8 Å². The first kappa shape index (κ1) is 10.8. The highest BCUT2D eigenvalue weighted by molar-refractivity contribution is 9.09. The van der Waals surface area contributed by atoms with E-state index in [1.54, 1.807) is 11.6 Å². The van der Waals surface area contributed by atoms with E-state index in [9.17, 15) is 4.79 Å². The molecule has 0 radical (unpaired) electrons. The standard InChI is InChI=1S/C7H12BrN3OS/c1-10-6(13-2)9-11(7(10)12)5-3-4-8/h3-5H2,1-2H3. The molecule has 4 nitrogen and oxygen atoms in total. The van der Waals surface area contributed by atoms with Gasteiger partial charge in [-0.2, -0.15) is 0 Å². The summed E-state index contributed by atoms with van der Waals surface area (Å²) in [7, 11) is 1.74. The summed E-state index contributed by atoms with van der Waals surface area (Å²) in [4.78, 5) is 11.5. The minimum Gasteiger partial charge on any atom is -0.273 e. The summed E-state index contributed by atoms with van der Waals surface area (Å²) < 4.78 is 3.08. The Kier molecular flexibility index (Phi) is 4.05. The molecule has 0 unspecified atom stereocenters. The first-order valence-corrected chi connectivity index (χ1v) is 6.29. The van der Waals surface area contributed by atoms with Crippen molar-refractivity contribution in [3.63, 3.8) is 0 Å². The van der Waals surface area contributed by atoms with Gasteiger partial charge in [-0.25, -0.2) is 9.48 Å². The zero-order valence-electron chi connectivity index (χ0n) is 7.66. The Morgan fingerprint density at radius 1 is 1.62 bits per heavy atom. The number of nitrogens with zero attached hydrogens (tertiary/aromatic N) is 3. The van der Waals surface area contributed by atoms with E-state index in [-0.39, 0.29) is 5.69 Å². The Labute approximate surface area is 89.4 Å². The van der Waals surface area contributed by atoms with Crippen molar-refractivity contribution in [1.82, 2.24) is 14.3 Å². The van der Waals surface area contributed by atoms with E-state index in [1.807, 2.05) is 6.26 Å². The SMILES string of the molecule is CSc1nn(CCCBr)c(=O)n1C. The lowest BCUT2D eigenvalue weighted by atomic mass is 10.5. The third-order valence-corrected chi connectivity index (χ3v) is 2.97. The number of hydrogen-bond donors (Lipinski definition) is 0. The van der Waals surface area contributed by atoms with Gasteiger partial charge in [-0.3, -0.25) is 4.57 Å². The molecule has 1 rings (SSSR count). The summed E-state index contributed by atoms with van der Waals surface area (Å²) in [5.74, 6) is 0. The Morgan fingerprint density at radius 2 is 2.31 bits per heavy atom. The number of hydrogen-bond acceptors (Lipinski definition) is 3. The van der Waals surface area contributed by atoms with Gasteiger partial charge in [0.2, 0.25) is 0 Å². The molecule has 74 valence electrons. The Balaban J connectivity index is 2.89. The number of alkyl halides is 1. The quantitative estimate of drug-likeness (QED) is 0.605. The molecule has 0 aliphatic heterocycles. The van der Waals surface area contributed by atoms with Gasteiger partial charge in [-0.15, -0.1) is 5.10 Å². The molecular weight excluding hydrogens is 254 g/mol. The van der Waals surface area contributed by atoms with Crippen LogP contribution in [-0.4, -0.2) is 25.9 Å². The van der Waals surface area contributed by atoms with Crippen molar-refractivity contribution in [2.45, 2.75) is 18.1 Å². The van der Waals surface area contributed by atoms with Crippen molar-refractivity contribution in [3.8, 4) is 0 Å². The van der Waals surface area contributed by atoms with E-state index in [1.165, 1.54) is 16.4 Å². The molecule has 1 heterocycles. The fraction of sp³-hybridized carbons (Fsp3) is 0.714.